The van der Waals surface area contributed by atoms with Crippen LogP contribution in [-0.2, 0) is 14.3 Å². The minimum atomic E-state index is -0.832. The van der Waals surface area contributed by atoms with Gasteiger partial charge in [-0.1, -0.05) is 136 Å². The molecule has 0 radical (unpaired) electrons. The van der Waals surface area contributed by atoms with E-state index in [1.54, 1.807) is 0 Å². The van der Waals surface area contributed by atoms with Gasteiger partial charge in [-0.15, -0.1) is 0 Å². The molecule has 1 fully saturated rings. The predicted octanol–water partition coefficient (Wildman–Crippen LogP) is 10.0. The topological polar surface area (TPSA) is 63.6 Å². The second-order valence-corrected chi connectivity index (χ2v) is 11.5. The third kappa shape index (κ3) is 16.6. The number of hydrogen-bond donors (Lipinski definition) is 1. The molecule has 0 bridgehead atoms. The number of carboxylic acids is 1. The molecule has 0 aliphatic heterocycles. The first-order valence-corrected chi connectivity index (χ1v) is 16.0. The molecule has 1 N–H and O–H groups in total. The van der Waals surface area contributed by atoms with E-state index in [9.17, 15) is 14.7 Å². The van der Waals surface area contributed by atoms with Gasteiger partial charge in [0.1, 0.15) is 6.10 Å². The number of ether oxygens (including phenoxy) is 1. The van der Waals surface area contributed by atoms with E-state index in [1.807, 2.05) is 0 Å². The van der Waals surface area contributed by atoms with Crippen molar-refractivity contribution in [3.8, 4) is 0 Å². The van der Waals surface area contributed by atoms with Crippen molar-refractivity contribution in [1.29, 1.82) is 0 Å². The lowest BCUT2D eigenvalue weighted by Gasteiger charge is -2.29. The summed E-state index contributed by atoms with van der Waals surface area (Å²) in [6.07, 6.45) is 29.7. The smallest absolute Gasteiger partial charge is 0.310 e. The van der Waals surface area contributed by atoms with Crippen LogP contribution < -0.4 is 0 Å². The molecule has 3 unspecified atom stereocenters. The van der Waals surface area contributed by atoms with Crippen LogP contribution in [0.15, 0.2) is 0 Å². The fourth-order valence-corrected chi connectivity index (χ4v) is 5.76. The Bertz CT molecular complexity index is 532. The Labute approximate surface area is 223 Å². The van der Waals surface area contributed by atoms with E-state index in [0.29, 0.717) is 12.8 Å². The molecule has 0 aromatic rings. The summed E-state index contributed by atoms with van der Waals surface area (Å²) in [7, 11) is 0. The van der Waals surface area contributed by atoms with Crippen LogP contribution in [0.2, 0.25) is 0 Å². The van der Waals surface area contributed by atoms with Gasteiger partial charge in [0.25, 0.3) is 0 Å². The highest BCUT2D eigenvalue weighted by Crippen LogP contribution is 2.32. The van der Waals surface area contributed by atoms with Crippen LogP contribution >= 0.6 is 0 Å². The normalized spacial score (nSPS) is 18.7. The zero-order valence-corrected chi connectivity index (χ0v) is 24.1. The molecular weight excluding hydrogens is 448 g/mol. The first-order chi connectivity index (χ1) is 17.6. The Kier molecular flexibility index (Phi) is 21.1. The average molecular weight is 509 g/mol. The van der Waals surface area contributed by atoms with Crippen molar-refractivity contribution in [3.05, 3.63) is 0 Å². The van der Waals surface area contributed by atoms with Gasteiger partial charge in [0.2, 0.25) is 0 Å². The number of esters is 1. The molecule has 1 aliphatic carbocycles. The largest absolute Gasteiger partial charge is 0.481 e. The summed E-state index contributed by atoms with van der Waals surface area (Å²) in [6, 6.07) is 0. The van der Waals surface area contributed by atoms with Crippen molar-refractivity contribution < 1.29 is 19.4 Å². The van der Waals surface area contributed by atoms with Gasteiger partial charge in [-0.3, -0.25) is 9.59 Å². The highest BCUT2D eigenvalue weighted by molar-refractivity contribution is 5.81. The highest BCUT2D eigenvalue weighted by atomic mass is 16.5. The maximum absolute atomic E-state index is 13.0. The molecule has 1 saturated carbocycles. The maximum Gasteiger partial charge on any atom is 0.310 e. The van der Waals surface area contributed by atoms with E-state index >= 15 is 0 Å². The second-order valence-electron chi connectivity index (χ2n) is 11.5. The molecule has 0 saturated heterocycles. The molecule has 4 nitrogen and oxygen atoms in total. The molecular formula is C32H60O4. The minimum absolute atomic E-state index is 0.0347. The monoisotopic (exact) mass is 508 g/mol. The number of carbonyl (C=O) groups excluding carboxylic acids is 1. The van der Waals surface area contributed by atoms with Gasteiger partial charge in [0.05, 0.1) is 11.8 Å². The van der Waals surface area contributed by atoms with Crippen molar-refractivity contribution in [1.82, 2.24) is 0 Å². The average Bonchev–Trinajstić information content (AvgIpc) is 2.88. The van der Waals surface area contributed by atoms with Gasteiger partial charge in [-0.2, -0.15) is 0 Å². The Morgan fingerprint density at radius 1 is 0.611 bits per heavy atom. The summed E-state index contributed by atoms with van der Waals surface area (Å²) in [4.78, 5) is 24.6. The third-order valence-corrected chi connectivity index (χ3v) is 8.18. The molecule has 0 spiro atoms. The van der Waals surface area contributed by atoms with Crippen molar-refractivity contribution >= 4 is 11.9 Å². The van der Waals surface area contributed by atoms with E-state index in [2.05, 4.69) is 13.8 Å². The van der Waals surface area contributed by atoms with Crippen LogP contribution in [0.25, 0.3) is 0 Å². The lowest BCUT2D eigenvalue weighted by atomic mass is 9.79. The minimum Gasteiger partial charge on any atom is -0.481 e. The first-order valence-electron chi connectivity index (χ1n) is 16.0. The lowest BCUT2D eigenvalue weighted by Crippen LogP contribution is -2.35. The fourth-order valence-electron chi connectivity index (χ4n) is 5.76. The van der Waals surface area contributed by atoms with E-state index in [4.69, 9.17) is 4.74 Å². The van der Waals surface area contributed by atoms with Crippen LogP contribution in [0.3, 0.4) is 0 Å². The SMILES string of the molecule is CCCCCCCCCCCCCC(CCCCCCCCCC)OC(=O)C1CCCCC1C(=O)O. The standard InChI is InChI=1S/C32H60O4/c1-3-5-7-9-11-13-14-15-17-19-21-25-28(24-20-18-16-12-10-8-6-4-2)36-32(35)30-27-23-22-26-29(30)31(33)34/h28-30H,3-27H2,1-2H3,(H,33,34). The number of hydrogen-bond acceptors (Lipinski definition) is 3. The van der Waals surface area contributed by atoms with Gasteiger partial charge in [-0.05, 0) is 38.5 Å². The zero-order valence-electron chi connectivity index (χ0n) is 24.1. The van der Waals surface area contributed by atoms with Crippen LogP contribution in [0, 0.1) is 11.8 Å². The molecule has 4 heteroatoms. The van der Waals surface area contributed by atoms with E-state index in [0.717, 1.165) is 38.5 Å². The Balaban J connectivity index is 2.34. The van der Waals surface area contributed by atoms with E-state index < -0.39 is 17.8 Å². The number of carboxylic acid groups (broad SMARTS) is 1. The summed E-state index contributed by atoms with van der Waals surface area (Å²) in [5.74, 6) is -2.08. The summed E-state index contributed by atoms with van der Waals surface area (Å²) < 4.78 is 6.02. The van der Waals surface area contributed by atoms with Crippen LogP contribution in [0.4, 0.5) is 0 Å². The number of unbranched alkanes of at least 4 members (excludes halogenated alkanes) is 17. The van der Waals surface area contributed by atoms with Crippen LogP contribution in [0.5, 0.6) is 0 Å². The van der Waals surface area contributed by atoms with Crippen molar-refractivity contribution in [2.24, 2.45) is 11.8 Å². The predicted molar refractivity (Wildman–Crippen MR) is 151 cm³/mol. The summed E-state index contributed by atoms with van der Waals surface area (Å²) >= 11 is 0. The summed E-state index contributed by atoms with van der Waals surface area (Å²) in [5.41, 5.74) is 0. The number of rotatable bonds is 24. The van der Waals surface area contributed by atoms with E-state index in [-0.39, 0.29) is 12.1 Å². The second kappa shape index (κ2) is 23.1. The first kappa shape index (κ1) is 33.0. The number of carbonyl (C=O) groups is 2. The van der Waals surface area contributed by atoms with Crippen molar-refractivity contribution in [2.45, 2.75) is 180 Å². The number of aliphatic carboxylic acids is 1. The van der Waals surface area contributed by atoms with Gasteiger partial charge >= 0.3 is 11.9 Å². The molecule has 0 aromatic carbocycles. The van der Waals surface area contributed by atoms with Gasteiger partial charge in [0.15, 0.2) is 0 Å². The van der Waals surface area contributed by atoms with Crippen molar-refractivity contribution in [2.75, 3.05) is 0 Å². The summed E-state index contributed by atoms with van der Waals surface area (Å²) in [5, 5.41) is 9.58. The molecule has 3 atom stereocenters. The molecule has 36 heavy (non-hydrogen) atoms. The molecule has 0 amide bonds. The summed E-state index contributed by atoms with van der Waals surface area (Å²) in [6.45, 7) is 4.52. The quantitative estimate of drug-likeness (QED) is 0.104. The molecule has 1 rings (SSSR count). The van der Waals surface area contributed by atoms with Gasteiger partial charge in [0, 0.05) is 0 Å². The van der Waals surface area contributed by atoms with Gasteiger partial charge < -0.3 is 9.84 Å². The molecule has 0 heterocycles. The van der Waals surface area contributed by atoms with E-state index in [1.165, 1.54) is 109 Å². The third-order valence-electron chi connectivity index (χ3n) is 8.18. The van der Waals surface area contributed by atoms with Crippen LogP contribution in [0.1, 0.15) is 174 Å². The molecule has 0 aromatic heterocycles. The Hall–Kier alpha value is -1.06. The highest BCUT2D eigenvalue weighted by Gasteiger charge is 2.37. The molecule has 212 valence electrons. The molecule has 1 aliphatic rings. The van der Waals surface area contributed by atoms with Gasteiger partial charge in [-0.25, -0.2) is 0 Å². The maximum atomic E-state index is 13.0. The fraction of sp³-hybridized carbons (Fsp3) is 0.938. The van der Waals surface area contributed by atoms with Crippen molar-refractivity contribution in [3.63, 3.8) is 0 Å². The van der Waals surface area contributed by atoms with Crippen LogP contribution in [-0.4, -0.2) is 23.1 Å². The Morgan fingerprint density at radius 3 is 1.36 bits per heavy atom. The zero-order chi connectivity index (χ0) is 26.3. The Morgan fingerprint density at radius 2 is 0.972 bits per heavy atom. The lowest BCUT2D eigenvalue weighted by molar-refractivity contribution is -0.164.